The molecule has 0 amide bonds. The summed E-state index contributed by atoms with van der Waals surface area (Å²) < 4.78 is 0. The molecule has 0 radical (unpaired) electrons. The van der Waals surface area contributed by atoms with E-state index in [1.807, 2.05) is 42.5 Å². The third kappa shape index (κ3) is 3.55. The first-order valence-corrected chi connectivity index (χ1v) is 6.42. The number of aromatic nitrogens is 1. The van der Waals surface area contributed by atoms with Crippen LogP contribution in [-0.2, 0) is 6.54 Å². The van der Waals surface area contributed by atoms with Crippen molar-refractivity contribution in [2.75, 3.05) is 0 Å². The minimum atomic E-state index is 0.117. The van der Waals surface area contributed by atoms with E-state index in [4.69, 9.17) is 10.9 Å². The van der Waals surface area contributed by atoms with Gasteiger partial charge in [-0.1, -0.05) is 35.5 Å². The van der Waals surface area contributed by atoms with Gasteiger partial charge in [0.05, 0.1) is 5.69 Å². The first kappa shape index (κ1) is 14.0. The molecule has 0 aliphatic heterocycles. The first-order chi connectivity index (χ1) is 9.70. The number of amidine groups is 1. The number of nitrogens with one attached hydrogen (secondary N) is 1. The highest BCUT2D eigenvalue weighted by molar-refractivity contribution is 5.96. The van der Waals surface area contributed by atoms with Crippen LogP contribution in [0.4, 0.5) is 0 Å². The summed E-state index contributed by atoms with van der Waals surface area (Å²) in [6, 6.07) is 13.6. The number of benzene rings is 1. The second-order valence-electron chi connectivity index (χ2n) is 4.54. The van der Waals surface area contributed by atoms with Crippen molar-refractivity contribution in [3.8, 4) is 0 Å². The molecule has 0 aliphatic rings. The van der Waals surface area contributed by atoms with Gasteiger partial charge in [0.2, 0.25) is 0 Å². The monoisotopic (exact) mass is 270 g/mol. The van der Waals surface area contributed by atoms with Gasteiger partial charge >= 0.3 is 0 Å². The van der Waals surface area contributed by atoms with Gasteiger partial charge in [-0.2, -0.15) is 0 Å². The van der Waals surface area contributed by atoms with Crippen molar-refractivity contribution in [2.45, 2.75) is 19.5 Å². The summed E-state index contributed by atoms with van der Waals surface area (Å²) in [5, 5.41) is 15.0. The second kappa shape index (κ2) is 6.68. The van der Waals surface area contributed by atoms with E-state index in [0.29, 0.717) is 5.56 Å². The Morgan fingerprint density at radius 2 is 2.05 bits per heavy atom. The summed E-state index contributed by atoms with van der Waals surface area (Å²) in [7, 11) is 0. The minimum absolute atomic E-state index is 0.117. The van der Waals surface area contributed by atoms with E-state index in [1.54, 1.807) is 6.20 Å². The van der Waals surface area contributed by atoms with Crippen LogP contribution in [0.1, 0.15) is 29.8 Å². The fourth-order valence-electron chi connectivity index (χ4n) is 1.86. The Labute approximate surface area is 118 Å². The number of nitrogens with two attached hydrogens (primary N) is 1. The minimum Gasteiger partial charge on any atom is -0.409 e. The van der Waals surface area contributed by atoms with E-state index in [0.717, 1.165) is 17.8 Å². The molecule has 1 aromatic heterocycles. The molecule has 0 unspecified atom stereocenters. The molecular weight excluding hydrogens is 252 g/mol. The third-order valence-corrected chi connectivity index (χ3v) is 3.10. The molecule has 1 heterocycles. The molecule has 1 atom stereocenters. The molecule has 1 aromatic carbocycles. The maximum absolute atomic E-state index is 8.60. The number of oxime groups is 1. The van der Waals surface area contributed by atoms with E-state index in [1.165, 1.54) is 0 Å². The van der Waals surface area contributed by atoms with Gasteiger partial charge in [-0.3, -0.25) is 4.98 Å². The van der Waals surface area contributed by atoms with Crippen LogP contribution < -0.4 is 11.1 Å². The zero-order valence-electron chi connectivity index (χ0n) is 11.3. The standard InChI is InChI=1S/C15H18N4O/c1-11(14-4-2-3-9-17-14)18-10-12-5-7-13(8-6-12)15(16)19-20/h2-9,11,18,20H,10H2,1H3,(H2,16,19)/t11-/m0/s1. The maximum atomic E-state index is 8.60. The SMILES string of the molecule is C[C@H](NCc1ccc(/C(N)=N/O)cc1)c1ccccn1. The van der Waals surface area contributed by atoms with E-state index in [9.17, 15) is 0 Å². The Morgan fingerprint density at radius 1 is 1.30 bits per heavy atom. The molecule has 0 bridgehead atoms. The molecule has 4 N–H and O–H groups in total. The summed E-state index contributed by atoms with van der Waals surface area (Å²) in [4.78, 5) is 4.32. The van der Waals surface area contributed by atoms with Crippen LogP contribution in [0.3, 0.4) is 0 Å². The lowest BCUT2D eigenvalue weighted by atomic mass is 10.1. The van der Waals surface area contributed by atoms with Gasteiger partial charge in [0.15, 0.2) is 5.84 Å². The van der Waals surface area contributed by atoms with Crippen LogP contribution in [0.25, 0.3) is 0 Å². The molecule has 0 spiro atoms. The molecular formula is C15H18N4O. The summed E-state index contributed by atoms with van der Waals surface area (Å²) in [5.74, 6) is 0.117. The predicted molar refractivity (Wildman–Crippen MR) is 78.4 cm³/mol. The van der Waals surface area contributed by atoms with Crippen LogP contribution in [0.2, 0.25) is 0 Å². The van der Waals surface area contributed by atoms with Crippen LogP contribution in [0.15, 0.2) is 53.8 Å². The average Bonchev–Trinajstić information content (AvgIpc) is 2.53. The van der Waals surface area contributed by atoms with Crippen LogP contribution in [0, 0.1) is 0 Å². The topological polar surface area (TPSA) is 83.5 Å². The lowest BCUT2D eigenvalue weighted by Crippen LogP contribution is -2.19. The molecule has 20 heavy (non-hydrogen) atoms. The van der Waals surface area contributed by atoms with Crippen LogP contribution >= 0.6 is 0 Å². The third-order valence-electron chi connectivity index (χ3n) is 3.10. The molecule has 2 rings (SSSR count). The maximum Gasteiger partial charge on any atom is 0.170 e. The molecule has 0 fully saturated rings. The van der Waals surface area contributed by atoms with Gasteiger partial charge in [-0.15, -0.1) is 0 Å². The molecule has 0 saturated heterocycles. The number of nitrogens with zero attached hydrogens (tertiary/aromatic N) is 2. The van der Waals surface area contributed by atoms with Crippen molar-refractivity contribution in [2.24, 2.45) is 10.9 Å². The summed E-state index contributed by atoms with van der Waals surface area (Å²) in [5.41, 5.74) is 8.36. The highest BCUT2D eigenvalue weighted by atomic mass is 16.4. The summed E-state index contributed by atoms with van der Waals surface area (Å²) >= 11 is 0. The Balaban J connectivity index is 1.94. The molecule has 5 nitrogen and oxygen atoms in total. The smallest absolute Gasteiger partial charge is 0.170 e. The number of hydrogen-bond acceptors (Lipinski definition) is 4. The fraction of sp³-hybridized carbons (Fsp3) is 0.200. The average molecular weight is 270 g/mol. The lowest BCUT2D eigenvalue weighted by Gasteiger charge is -2.13. The number of rotatable bonds is 5. The molecule has 5 heteroatoms. The Morgan fingerprint density at radius 3 is 2.65 bits per heavy atom. The van der Waals surface area contributed by atoms with E-state index >= 15 is 0 Å². The van der Waals surface area contributed by atoms with E-state index in [-0.39, 0.29) is 11.9 Å². The summed E-state index contributed by atoms with van der Waals surface area (Å²) in [6.07, 6.45) is 1.79. The normalized spacial score (nSPS) is 13.2. The van der Waals surface area contributed by atoms with Gasteiger partial charge in [-0.25, -0.2) is 0 Å². The number of hydrogen-bond donors (Lipinski definition) is 3. The zero-order valence-corrected chi connectivity index (χ0v) is 11.3. The molecule has 0 aliphatic carbocycles. The highest BCUT2D eigenvalue weighted by Gasteiger charge is 2.05. The highest BCUT2D eigenvalue weighted by Crippen LogP contribution is 2.10. The quantitative estimate of drug-likeness (QED) is 0.336. The molecule has 2 aromatic rings. The van der Waals surface area contributed by atoms with Crippen LogP contribution in [0.5, 0.6) is 0 Å². The van der Waals surface area contributed by atoms with Crippen molar-refractivity contribution in [1.82, 2.24) is 10.3 Å². The first-order valence-electron chi connectivity index (χ1n) is 6.42. The Kier molecular flexibility index (Phi) is 4.68. The largest absolute Gasteiger partial charge is 0.409 e. The van der Waals surface area contributed by atoms with E-state index in [2.05, 4.69) is 22.4 Å². The molecule has 0 saturated carbocycles. The van der Waals surface area contributed by atoms with Gasteiger partial charge in [0.25, 0.3) is 0 Å². The fourth-order valence-corrected chi connectivity index (χ4v) is 1.86. The number of pyridine rings is 1. The Bertz CT molecular complexity index is 566. The van der Waals surface area contributed by atoms with Crippen LogP contribution in [-0.4, -0.2) is 16.0 Å². The van der Waals surface area contributed by atoms with Gasteiger partial charge in [-0.05, 0) is 24.6 Å². The van der Waals surface area contributed by atoms with Crippen molar-refractivity contribution in [3.05, 3.63) is 65.5 Å². The molecule has 104 valence electrons. The van der Waals surface area contributed by atoms with Crippen molar-refractivity contribution >= 4 is 5.84 Å². The van der Waals surface area contributed by atoms with Crippen molar-refractivity contribution in [1.29, 1.82) is 0 Å². The lowest BCUT2D eigenvalue weighted by molar-refractivity contribution is 0.318. The summed E-state index contributed by atoms with van der Waals surface area (Å²) in [6.45, 7) is 2.81. The predicted octanol–water partition coefficient (Wildman–Crippen LogP) is 2.03. The Hall–Kier alpha value is -2.40. The van der Waals surface area contributed by atoms with Gasteiger partial charge < -0.3 is 16.3 Å². The van der Waals surface area contributed by atoms with E-state index < -0.39 is 0 Å². The van der Waals surface area contributed by atoms with Gasteiger partial charge in [0.1, 0.15) is 0 Å². The second-order valence-corrected chi connectivity index (χ2v) is 4.54. The zero-order chi connectivity index (χ0) is 14.4. The van der Waals surface area contributed by atoms with Crippen molar-refractivity contribution in [3.63, 3.8) is 0 Å². The van der Waals surface area contributed by atoms with Gasteiger partial charge in [0, 0.05) is 24.3 Å². The van der Waals surface area contributed by atoms with Crippen molar-refractivity contribution < 1.29 is 5.21 Å².